The predicted octanol–water partition coefficient (Wildman–Crippen LogP) is 2.23. The molecular formula is C16H21NO3. The Bertz CT molecular complexity index is 465. The molecule has 20 heavy (non-hydrogen) atoms. The fourth-order valence-corrected chi connectivity index (χ4v) is 1.79. The Labute approximate surface area is 120 Å². The van der Waals surface area contributed by atoms with E-state index >= 15 is 0 Å². The minimum Gasteiger partial charge on any atom is -0.496 e. The van der Waals surface area contributed by atoms with Crippen molar-refractivity contribution in [3.63, 3.8) is 0 Å². The summed E-state index contributed by atoms with van der Waals surface area (Å²) in [6, 6.07) is 5.20. The third-order valence-corrected chi connectivity index (χ3v) is 2.90. The number of carbonyl (C=O) groups excluding carboxylic acids is 1. The van der Waals surface area contributed by atoms with E-state index in [1.54, 1.807) is 18.2 Å². The van der Waals surface area contributed by atoms with E-state index in [1.165, 1.54) is 7.11 Å². The van der Waals surface area contributed by atoms with Gasteiger partial charge in [-0.25, -0.2) is 0 Å². The molecule has 1 aromatic rings. The Morgan fingerprint density at radius 3 is 2.85 bits per heavy atom. The number of carbonyl (C=O) groups is 1. The fourth-order valence-electron chi connectivity index (χ4n) is 1.79. The summed E-state index contributed by atoms with van der Waals surface area (Å²) in [5.41, 5.74) is 0.524. The van der Waals surface area contributed by atoms with Crippen LogP contribution in [0.3, 0.4) is 0 Å². The monoisotopic (exact) mass is 275 g/mol. The van der Waals surface area contributed by atoms with Gasteiger partial charge < -0.3 is 9.47 Å². The van der Waals surface area contributed by atoms with Crippen LogP contribution in [0.2, 0.25) is 0 Å². The lowest BCUT2D eigenvalue weighted by atomic mass is 10.2. The van der Waals surface area contributed by atoms with Crippen LogP contribution >= 0.6 is 0 Å². The van der Waals surface area contributed by atoms with E-state index in [2.05, 4.69) is 10.8 Å². The quantitative estimate of drug-likeness (QED) is 0.393. The second kappa shape index (κ2) is 9.00. The first-order chi connectivity index (χ1) is 9.71. The zero-order chi connectivity index (χ0) is 14.8. The number of unbranched alkanes of at least 4 members (excludes halogenated alkanes) is 1. The van der Waals surface area contributed by atoms with Gasteiger partial charge in [0.25, 0.3) is 0 Å². The third kappa shape index (κ3) is 5.33. The Kier molecular flexibility index (Phi) is 7.23. The summed E-state index contributed by atoms with van der Waals surface area (Å²) < 4.78 is 10.8. The van der Waals surface area contributed by atoms with Crippen LogP contribution in [0.4, 0.5) is 0 Å². The number of hydrogen-bond donors (Lipinski definition) is 0. The van der Waals surface area contributed by atoms with Crippen molar-refractivity contribution < 1.29 is 14.3 Å². The Morgan fingerprint density at radius 2 is 2.20 bits per heavy atom. The SMILES string of the molecule is C#CCN(C)CCCCOc1ccc(C=O)c(OC)c1. The Hall–Kier alpha value is -1.99. The van der Waals surface area contributed by atoms with Gasteiger partial charge >= 0.3 is 0 Å². The summed E-state index contributed by atoms with van der Waals surface area (Å²) in [6.07, 6.45) is 7.98. The molecule has 0 fully saturated rings. The Morgan fingerprint density at radius 1 is 1.40 bits per heavy atom. The lowest BCUT2D eigenvalue weighted by Crippen LogP contribution is -2.20. The van der Waals surface area contributed by atoms with Crippen molar-refractivity contribution in [1.82, 2.24) is 4.90 Å². The summed E-state index contributed by atoms with van der Waals surface area (Å²) in [5, 5.41) is 0. The third-order valence-electron chi connectivity index (χ3n) is 2.90. The van der Waals surface area contributed by atoms with Gasteiger partial charge in [0, 0.05) is 6.07 Å². The summed E-state index contributed by atoms with van der Waals surface area (Å²) in [4.78, 5) is 12.9. The van der Waals surface area contributed by atoms with Crippen LogP contribution in [0.5, 0.6) is 11.5 Å². The van der Waals surface area contributed by atoms with Crippen molar-refractivity contribution in [1.29, 1.82) is 0 Å². The standard InChI is InChI=1S/C16H21NO3/c1-4-9-17(2)10-5-6-11-20-15-8-7-14(13-18)16(12-15)19-3/h1,7-8,12-13H,5-6,9-11H2,2-3H3. The number of hydrogen-bond acceptors (Lipinski definition) is 4. The van der Waals surface area contributed by atoms with E-state index in [1.807, 2.05) is 7.05 Å². The molecule has 0 saturated heterocycles. The molecule has 0 aliphatic carbocycles. The van der Waals surface area contributed by atoms with E-state index in [0.717, 1.165) is 25.7 Å². The normalized spacial score (nSPS) is 10.1. The molecular weight excluding hydrogens is 254 g/mol. The molecule has 0 spiro atoms. The van der Waals surface area contributed by atoms with Crippen LogP contribution in [0.15, 0.2) is 18.2 Å². The van der Waals surface area contributed by atoms with Gasteiger partial charge in [-0.2, -0.15) is 0 Å². The average molecular weight is 275 g/mol. The minimum atomic E-state index is 0.524. The van der Waals surface area contributed by atoms with Crippen molar-refractivity contribution in [2.75, 3.05) is 33.9 Å². The van der Waals surface area contributed by atoms with Crippen LogP contribution in [-0.2, 0) is 0 Å². The molecule has 4 heteroatoms. The maximum absolute atomic E-state index is 10.8. The average Bonchev–Trinajstić information content (AvgIpc) is 2.47. The highest BCUT2D eigenvalue weighted by Crippen LogP contribution is 2.23. The zero-order valence-electron chi connectivity index (χ0n) is 12.1. The molecule has 0 N–H and O–H groups in total. The van der Waals surface area contributed by atoms with Gasteiger partial charge in [-0.1, -0.05) is 5.92 Å². The maximum atomic E-state index is 10.8. The number of terminal acetylenes is 1. The minimum absolute atomic E-state index is 0.524. The van der Waals surface area contributed by atoms with E-state index in [9.17, 15) is 4.79 Å². The van der Waals surface area contributed by atoms with Gasteiger partial charge in [0.15, 0.2) is 6.29 Å². The molecule has 0 atom stereocenters. The molecule has 0 unspecified atom stereocenters. The number of benzene rings is 1. The van der Waals surface area contributed by atoms with Crippen LogP contribution < -0.4 is 9.47 Å². The van der Waals surface area contributed by atoms with Crippen molar-refractivity contribution in [2.45, 2.75) is 12.8 Å². The topological polar surface area (TPSA) is 38.8 Å². The predicted molar refractivity (Wildman–Crippen MR) is 79.4 cm³/mol. The molecule has 1 rings (SSSR count). The summed E-state index contributed by atoms with van der Waals surface area (Å²) in [6.45, 7) is 2.26. The van der Waals surface area contributed by atoms with Crippen LogP contribution in [0.1, 0.15) is 23.2 Å². The van der Waals surface area contributed by atoms with Gasteiger partial charge in [-0.15, -0.1) is 6.42 Å². The van der Waals surface area contributed by atoms with Gasteiger partial charge in [-0.05, 0) is 38.6 Å². The second-order valence-electron chi connectivity index (χ2n) is 4.52. The van der Waals surface area contributed by atoms with E-state index < -0.39 is 0 Å². The van der Waals surface area contributed by atoms with Gasteiger partial charge in [0.2, 0.25) is 0 Å². The first-order valence-electron chi connectivity index (χ1n) is 6.59. The first-order valence-corrected chi connectivity index (χ1v) is 6.59. The molecule has 108 valence electrons. The second-order valence-corrected chi connectivity index (χ2v) is 4.52. The highest BCUT2D eigenvalue weighted by atomic mass is 16.5. The van der Waals surface area contributed by atoms with Crippen LogP contribution in [0.25, 0.3) is 0 Å². The summed E-state index contributed by atoms with van der Waals surface area (Å²) in [7, 11) is 3.54. The molecule has 0 saturated carbocycles. The van der Waals surface area contributed by atoms with Crippen LogP contribution in [0, 0.1) is 12.3 Å². The lowest BCUT2D eigenvalue weighted by molar-refractivity contribution is 0.112. The van der Waals surface area contributed by atoms with Crippen LogP contribution in [-0.4, -0.2) is 45.0 Å². The van der Waals surface area contributed by atoms with Crippen molar-refractivity contribution in [2.24, 2.45) is 0 Å². The lowest BCUT2D eigenvalue weighted by Gasteiger charge is -2.13. The van der Waals surface area contributed by atoms with Crippen molar-refractivity contribution in [3.8, 4) is 23.8 Å². The zero-order valence-corrected chi connectivity index (χ0v) is 12.1. The first kappa shape index (κ1) is 16.1. The highest BCUT2D eigenvalue weighted by molar-refractivity contribution is 5.79. The highest BCUT2D eigenvalue weighted by Gasteiger charge is 2.04. The molecule has 0 amide bonds. The molecule has 0 aliphatic rings. The molecule has 0 aliphatic heterocycles. The molecule has 1 aromatic carbocycles. The number of ether oxygens (including phenoxy) is 2. The van der Waals surface area contributed by atoms with E-state index in [-0.39, 0.29) is 0 Å². The van der Waals surface area contributed by atoms with Crippen molar-refractivity contribution >= 4 is 6.29 Å². The maximum Gasteiger partial charge on any atom is 0.153 e. The van der Waals surface area contributed by atoms with Gasteiger partial charge in [0.1, 0.15) is 11.5 Å². The smallest absolute Gasteiger partial charge is 0.153 e. The van der Waals surface area contributed by atoms with E-state index in [0.29, 0.717) is 30.2 Å². The fraction of sp³-hybridized carbons (Fsp3) is 0.438. The molecule has 0 aromatic heterocycles. The van der Waals surface area contributed by atoms with Gasteiger partial charge in [-0.3, -0.25) is 9.69 Å². The molecule has 0 bridgehead atoms. The largest absolute Gasteiger partial charge is 0.496 e. The molecule has 0 heterocycles. The Balaban J connectivity index is 2.32. The number of methoxy groups -OCH3 is 1. The molecule has 0 radical (unpaired) electrons. The van der Waals surface area contributed by atoms with E-state index in [4.69, 9.17) is 15.9 Å². The van der Waals surface area contributed by atoms with Crippen molar-refractivity contribution in [3.05, 3.63) is 23.8 Å². The number of rotatable bonds is 9. The summed E-state index contributed by atoms with van der Waals surface area (Å²) >= 11 is 0. The molecule has 4 nitrogen and oxygen atoms in total. The number of nitrogens with zero attached hydrogens (tertiary/aromatic N) is 1. The summed E-state index contributed by atoms with van der Waals surface area (Å²) in [5.74, 6) is 3.86. The van der Waals surface area contributed by atoms with Gasteiger partial charge in [0.05, 0.1) is 25.8 Å². The number of aldehydes is 1.